The third-order valence-corrected chi connectivity index (χ3v) is 3.96. The van der Waals surface area contributed by atoms with Crippen LogP contribution in [0, 0.1) is 6.92 Å². The highest BCUT2D eigenvalue weighted by Crippen LogP contribution is 2.24. The van der Waals surface area contributed by atoms with Gasteiger partial charge in [0.2, 0.25) is 0 Å². The van der Waals surface area contributed by atoms with Gasteiger partial charge in [0.25, 0.3) is 5.91 Å². The topological polar surface area (TPSA) is 57.6 Å². The van der Waals surface area contributed by atoms with Gasteiger partial charge in [-0.25, -0.2) is 4.79 Å². The zero-order chi connectivity index (χ0) is 14.0. The summed E-state index contributed by atoms with van der Waals surface area (Å²) in [5.74, 6) is -1.18. The van der Waals surface area contributed by atoms with Crippen LogP contribution in [0.15, 0.2) is 18.2 Å². The Labute approximate surface area is 117 Å². The number of carbonyl (C=O) groups is 2. The lowest BCUT2D eigenvalue weighted by Gasteiger charge is -2.33. The van der Waals surface area contributed by atoms with Gasteiger partial charge in [0.1, 0.15) is 6.04 Å². The molecule has 1 aromatic rings. The van der Waals surface area contributed by atoms with E-state index in [4.69, 9.17) is 11.6 Å². The molecule has 0 radical (unpaired) electrons. The zero-order valence-corrected chi connectivity index (χ0v) is 11.5. The normalized spacial score (nSPS) is 19.3. The van der Waals surface area contributed by atoms with E-state index in [-0.39, 0.29) is 5.91 Å². The van der Waals surface area contributed by atoms with Crippen LogP contribution in [0.2, 0.25) is 5.02 Å². The Kier molecular flexibility index (Phi) is 4.10. The lowest BCUT2D eigenvalue weighted by atomic mass is 9.99. The summed E-state index contributed by atoms with van der Waals surface area (Å²) in [4.78, 5) is 25.2. The van der Waals surface area contributed by atoms with Crippen LogP contribution < -0.4 is 0 Å². The number of halogens is 1. The van der Waals surface area contributed by atoms with Crippen molar-refractivity contribution in [3.8, 4) is 0 Å². The SMILES string of the molecule is Cc1c(Cl)cccc1C(=O)N1CCCC[C@@H]1C(=O)O. The quantitative estimate of drug-likeness (QED) is 0.907. The molecule has 1 saturated heterocycles. The minimum absolute atomic E-state index is 0.243. The molecule has 2 rings (SSSR count). The first kappa shape index (κ1) is 13.9. The third-order valence-electron chi connectivity index (χ3n) is 3.55. The molecule has 0 spiro atoms. The van der Waals surface area contributed by atoms with Crippen molar-refractivity contribution < 1.29 is 14.7 Å². The first-order chi connectivity index (χ1) is 9.02. The second-order valence-electron chi connectivity index (χ2n) is 4.76. The maximum absolute atomic E-state index is 12.5. The van der Waals surface area contributed by atoms with Gasteiger partial charge < -0.3 is 10.0 Å². The van der Waals surface area contributed by atoms with Crippen molar-refractivity contribution in [3.63, 3.8) is 0 Å². The van der Waals surface area contributed by atoms with Crippen molar-refractivity contribution in [1.29, 1.82) is 0 Å². The smallest absolute Gasteiger partial charge is 0.326 e. The van der Waals surface area contributed by atoms with Gasteiger partial charge >= 0.3 is 5.97 Å². The van der Waals surface area contributed by atoms with Gasteiger partial charge in [0.05, 0.1) is 0 Å². The number of rotatable bonds is 2. The van der Waals surface area contributed by atoms with Gasteiger partial charge in [-0.3, -0.25) is 4.79 Å². The Bertz CT molecular complexity index is 515. The molecule has 5 heteroatoms. The molecule has 1 fully saturated rings. The lowest BCUT2D eigenvalue weighted by Crippen LogP contribution is -2.48. The number of nitrogens with zero attached hydrogens (tertiary/aromatic N) is 1. The fraction of sp³-hybridized carbons (Fsp3) is 0.429. The van der Waals surface area contributed by atoms with Crippen LogP contribution in [0.5, 0.6) is 0 Å². The Morgan fingerprint density at radius 1 is 1.37 bits per heavy atom. The number of piperidine rings is 1. The predicted octanol–water partition coefficient (Wildman–Crippen LogP) is 2.73. The van der Waals surface area contributed by atoms with E-state index in [0.717, 1.165) is 12.8 Å². The number of carbonyl (C=O) groups excluding carboxylic acids is 1. The summed E-state index contributed by atoms with van der Waals surface area (Å²) in [6.07, 6.45) is 2.20. The Morgan fingerprint density at radius 3 is 2.79 bits per heavy atom. The first-order valence-corrected chi connectivity index (χ1v) is 6.69. The number of benzene rings is 1. The molecule has 102 valence electrons. The molecule has 1 aliphatic rings. The van der Waals surface area contributed by atoms with Crippen molar-refractivity contribution in [3.05, 3.63) is 34.3 Å². The van der Waals surface area contributed by atoms with E-state index in [2.05, 4.69) is 0 Å². The molecule has 1 heterocycles. The summed E-state index contributed by atoms with van der Waals surface area (Å²) in [5, 5.41) is 9.73. The molecular weight excluding hydrogens is 266 g/mol. The average Bonchev–Trinajstić information content (AvgIpc) is 2.41. The number of carboxylic acids is 1. The summed E-state index contributed by atoms with van der Waals surface area (Å²) in [7, 11) is 0. The summed E-state index contributed by atoms with van der Waals surface area (Å²) >= 11 is 6.01. The van der Waals surface area contributed by atoms with E-state index < -0.39 is 12.0 Å². The molecule has 1 atom stereocenters. The van der Waals surface area contributed by atoms with Crippen molar-refractivity contribution >= 4 is 23.5 Å². The molecule has 1 amide bonds. The highest BCUT2D eigenvalue weighted by atomic mass is 35.5. The van der Waals surface area contributed by atoms with E-state index in [1.807, 2.05) is 0 Å². The Morgan fingerprint density at radius 2 is 2.11 bits per heavy atom. The molecule has 1 aliphatic heterocycles. The second kappa shape index (κ2) is 5.61. The van der Waals surface area contributed by atoms with Gasteiger partial charge in [0, 0.05) is 17.1 Å². The fourth-order valence-electron chi connectivity index (χ4n) is 2.43. The van der Waals surface area contributed by atoms with Gasteiger partial charge in [-0.05, 0) is 43.9 Å². The van der Waals surface area contributed by atoms with Crippen LogP contribution >= 0.6 is 11.6 Å². The Balaban J connectivity index is 2.31. The van der Waals surface area contributed by atoms with Crippen molar-refractivity contribution in [2.45, 2.75) is 32.2 Å². The molecule has 0 aromatic heterocycles. The number of amides is 1. The summed E-state index contributed by atoms with van der Waals surface area (Å²) < 4.78 is 0. The van der Waals surface area contributed by atoms with Gasteiger partial charge in [-0.1, -0.05) is 17.7 Å². The van der Waals surface area contributed by atoms with Crippen LogP contribution in [0.4, 0.5) is 0 Å². The van der Waals surface area contributed by atoms with E-state index in [9.17, 15) is 14.7 Å². The fourth-order valence-corrected chi connectivity index (χ4v) is 2.60. The van der Waals surface area contributed by atoms with Crippen LogP contribution in [0.1, 0.15) is 35.2 Å². The second-order valence-corrected chi connectivity index (χ2v) is 5.17. The molecule has 0 aliphatic carbocycles. The van der Waals surface area contributed by atoms with Gasteiger partial charge in [0.15, 0.2) is 0 Å². The first-order valence-electron chi connectivity index (χ1n) is 6.31. The van der Waals surface area contributed by atoms with Crippen LogP contribution in [-0.2, 0) is 4.79 Å². The van der Waals surface area contributed by atoms with Crippen LogP contribution in [-0.4, -0.2) is 34.5 Å². The number of hydrogen-bond donors (Lipinski definition) is 1. The third kappa shape index (κ3) is 2.73. The zero-order valence-electron chi connectivity index (χ0n) is 10.7. The molecule has 4 nitrogen and oxygen atoms in total. The minimum atomic E-state index is -0.937. The maximum atomic E-state index is 12.5. The van der Waals surface area contributed by atoms with E-state index in [1.165, 1.54) is 4.90 Å². The largest absolute Gasteiger partial charge is 0.480 e. The van der Waals surface area contributed by atoms with E-state index in [1.54, 1.807) is 25.1 Å². The monoisotopic (exact) mass is 281 g/mol. The minimum Gasteiger partial charge on any atom is -0.480 e. The summed E-state index contributed by atoms with van der Waals surface area (Å²) in [5.41, 5.74) is 1.18. The highest BCUT2D eigenvalue weighted by Gasteiger charge is 2.33. The van der Waals surface area contributed by atoms with Gasteiger partial charge in [-0.2, -0.15) is 0 Å². The maximum Gasteiger partial charge on any atom is 0.326 e. The molecular formula is C14H16ClNO3. The predicted molar refractivity (Wildman–Crippen MR) is 72.5 cm³/mol. The van der Waals surface area contributed by atoms with E-state index in [0.29, 0.717) is 29.1 Å². The number of likely N-dealkylation sites (tertiary alicyclic amines) is 1. The van der Waals surface area contributed by atoms with Crippen molar-refractivity contribution in [2.75, 3.05) is 6.54 Å². The highest BCUT2D eigenvalue weighted by molar-refractivity contribution is 6.31. The molecule has 0 unspecified atom stereocenters. The molecule has 1 N–H and O–H groups in total. The molecule has 0 bridgehead atoms. The summed E-state index contributed by atoms with van der Waals surface area (Å²) in [6.45, 7) is 2.26. The summed E-state index contributed by atoms with van der Waals surface area (Å²) in [6, 6.07) is 4.40. The molecule has 1 aromatic carbocycles. The van der Waals surface area contributed by atoms with Crippen LogP contribution in [0.3, 0.4) is 0 Å². The Hall–Kier alpha value is -1.55. The number of hydrogen-bond acceptors (Lipinski definition) is 2. The van der Waals surface area contributed by atoms with Crippen LogP contribution in [0.25, 0.3) is 0 Å². The molecule has 19 heavy (non-hydrogen) atoms. The molecule has 0 saturated carbocycles. The lowest BCUT2D eigenvalue weighted by molar-refractivity contribution is -0.143. The number of aliphatic carboxylic acids is 1. The van der Waals surface area contributed by atoms with Crippen molar-refractivity contribution in [2.24, 2.45) is 0 Å². The average molecular weight is 282 g/mol. The van der Waals surface area contributed by atoms with Gasteiger partial charge in [-0.15, -0.1) is 0 Å². The van der Waals surface area contributed by atoms with Crippen molar-refractivity contribution in [1.82, 2.24) is 4.90 Å². The van der Waals surface area contributed by atoms with E-state index >= 15 is 0 Å². The number of carboxylic acid groups (broad SMARTS) is 1. The standard InChI is InChI=1S/C14H16ClNO3/c1-9-10(5-4-6-11(9)15)13(17)16-8-3-2-7-12(16)14(18)19/h4-6,12H,2-3,7-8H2,1H3,(H,18,19)/t12-/m1/s1.